The van der Waals surface area contributed by atoms with E-state index in [2.05, 4.69) is 20.9 Å². The molecule has 1 aromatic carbocycles. The third-order valence-electron chi connectivity index (χ3n) is 3.21. The molecule has 7 heteroatoms. The molecule has 1 atom stereocenters. The van der Waals surface area contributed by atoms with Crippen LogP contribution in [0.25, 0.3) is 11.0 Å². The molecule has 2 aromatic rings. The molecule has 3 nitrogen and oxygen atoms in total. The van der Waals surface area contributed by atoms with E-state index in [9.17, 15) is 13.2 Å². The number of rotatable bonds is 3. The highest BCUT2D eigenvalue weighted by atomic mass is 79.9. The van der Waals surface area contributed by atoms with E-state index in [0.29, 0.717) is 24.0 Å². The summed E-state index contributed by atoms with van der Waals surface area (Å²) in [5, 5.41) is 0. The lowest BCUT2D eigenvalue weighted by atomic mass is 10.0. The molecular weight excluding hydrogens is 335 g/mol. The molecule has 0 saturated carbocycles. The summed E-state index contributed by atoms with van der Waals surface area (Å²) in [4.78, 5) is 4.12. The predicted molar refractivity (Wildman–Crippen MR) is 75.3 cm³/mol. The first kappa shape index (κ1) is 15.3. The lowest BCUT2D eigenvalue weighted by molar-refractivity contribution is -0.186. The van der Waals surface area contributed by atoms with E-state index in [1.54, 1.807) is 22.8 Å². The average molecular weight is 350 g/mol. The summed E-state index contributed by atoms with van der Waals surface area (Å²) in [5.74, 6) is -0.153. The van der Waals surface area contributed by atoms with Crippen LogP contribution < -0.4 is 5.73 Å². The second kappa shape index (κ2) is 5.04. The second-order valence-electron chi connectivity index (χ2n) is 4.92. The van der Waals surface area contributed by atoms with E-state index in [-0.39, 0.29) is 5.82 Å². The minimum absolute atomic E-state index is 0.153. The van der Waals surface area contributed by atoms with Gasteiger partial charge in [-0.2, -0.15) is 13.2 Å². The van der Waals surface area contributed by atoms with E-state index in [1.807, 2.05) is 6.92 Å². The normalized spacial score (nSPS) is 15.6. The van der Waals surface area contributed by atoms with Crippen LogP contribution in [0.1, 0.15) is 26.1 Å². The first-order valence-corrected chi connectivity index (χ1v) is 6.99. The smallest absolute Gasteiger partial charge is 0.326 e. The van der Waals surface area contributed by atoms with Crippen LogP contribution in [0.15, 0.2) is 22.7 Å². The topological polar surface area (TPSA) is 43.8 Å². The van der Waals surface area contributed by atoms with Gasteiger partial charge in [-0.25, -0.2) is 4.98 Å². The van der Waals surface area contributed by atoms with E-state index < -0.39 is 11.7 Å². The summed E-state index contributed by atoms with van der Waals surface area (Å²) in [7, 11) is 0. The van der Waals surface area contributed by atoms with Gasteiger partial charge in [-0.1, -0.05) is 22.9 Å². The summed E-state index contributed by atoms with van der Waals surface area (Å²) in [6.07, 6.45) is -3.86. The van der Waals surface area contributed by atoms with Crippen molar-refractivity contribution >= 4 is 27.0 Å². The SMILES string of the molecule is CCCn1c(C(C)(N)C(F)(F)F)nc2cc(Br)ccc21. The Kier molecular flexibility index (Phi) is 3.85. The van der Waals surface area contributed by atoms with Crippen molar-refractivity contribution in [2.45, 2.75) is 38.5 Å². The minimum atomic E-state index is -4.56. The van der Waals surface area contributed by atoms with Crippen LogP contribution in [0.3, 0.4) is 0 Å². The van der Waals surface area contributed by atoms with Crippen LogP contribution in [-0.2, 0) is 12.1 Å². The standard InChI is InChI=1S/C13H15BrF3N3/c1-3-6-20-10-5-4-8(14)7-9(10)19-11(20)12(2,18)13(15,16)17/h4-5,7H,3,6,18H2,1-2H3. The molecule has 2 N–H and O–H groups in total. The number of fused-ring (bicyclic) bond motifs is 1. The zero-order chi connectivity index (χ0) is 15.1. The Morgan fingerprint density at radius 1 is 1.35 bits per heavy atom. The first-order valence-electron chi connectivity index (χ1n) is 6.20. The van der Waals surface area contributed by atoms with Gasteiger partial charge in [0.05, 0.1) is 11.0 Å². The molecule has 0 saturated heterocycles. The van der Waals surface area contributed by atoms with Crippen molar-refractivity contribution in [2.75, 3.05) is 0 Å². The number of benzene rings is 1. The van der Waals surface area contributed by atoms with Gasteiger partial charge in [-0.3, -0.25) is 0 Å². The molecule has 1 aromatic heterocycles. The van der Waals surface area contributed by atoms with Crippen molar-refractivity contribution < 1.29 is 13.2 Å². The van der Waals surface area contributed by atoms with Gasteiger partial charge in [0.1, 0.15) is 5.82 Å². The first-order chi connectivity index (χ1) is 9.18. The summed E-state index contributed by atoms with van der Waals surface area (Å²) in [6, 6.07) is 5.22. The molecule has 1 heterocycles. The van der Waals surface area contributed by atoms with Crippen molar-refractivity contribution in [2.24, 2.45) is 5.73 Å². The lowest BCUT2D eigenvalue weighted by Gasteiger charge is -2.27. The number of hydrogen-bond acceptors (Lipinski definition) is 2. The molecule has 0 aliphatic heterocycles. The van der Waals surface area contributed by atoms with Crippen molar-refractivity contribution in [3.05, 3.63) is 28.5 Å². The minimum Gasteiger partial charge on any atom is -0.326 e. The molecular formula is C13H15BrF3N3. The quantitative estimate of drug-likeness (QED) is 0.911. The number of halogens is 4. The molecule has 2 rings (SSSR count). The summed E-state index contributed by atoms with van der Waals surface area (Å²) >= 11 is 3.29. The fraction of sp³-hybridized carbons (Fsp3) is 0.462. The molecule has 0 aliphatic rings. The summed E-state index contributed by atoms with van der Waals surface area (Å²) in [5.41, 5.74) is 4.21. The Hall–Kier alpha value is -1.08. The second-order valence-corrected chi connectivity index (χ2v) is 5.84. The van der Waals surface area contributed by atoms with Gasteiger partial charge in [0, 0.05) is 11.0 Å². The third kappa shape index (κ3) is 2.44. The van der Waals surface area contributed by atoms with Crippen LogP contribution in [0.5, 0.6) is 0 Å². The van der Waals surface area contributed by atoms with Crippen molar-refractivity contribution in [1.29, 1.82) is 0 Å². The highest BCUT2D eigenvalue weighted by Gasteiger charge is 2.52. The third-order valence-corrected chi connectivity index (χ3v) is 3.70. The van der Waals surface area contributed by atoms with Crippen LogP contribution in [0, 0.1) is 0 Å². The van der Waals surface area contributed by atoms with Gasteiger partial charge in [0.25, 0.3) is 0 Å². The van der Waals surface area contributed by atoms with Gasteiger partial charge in [0.2, 0.25) is 0 Å². The van der Waals surface area contributed by atoms with E-state index in [4.69, 9.17) is 5.73 Å². The van der Waals surface area contributed by atoms with Gasteiger partial charge in [0.15, 0.2) is 5.54 Å². The largest absolute Gasteiger partial charge is 0.413 e. The van der Waals surface area contributed by atoms with Gasteiger partial charge in [-0.05, 0) is 31.5 Å². The Morgan fingerprint density at radius 2 is 2.00 bits per heavy atom. The highest BCUT2D eigenvalue weighted by molar-refractivity contribution is 9.10. The number of aromatic nitrogens is 2. The van der Waals surface area contributed by atoms with Crippen LogP contribution in [0.4, 0.5) is 13.2 Å². The number of nitrogens with zero attached hydrogens (tertiary/aromatic N) is 2. The van der Waals surface area contributed by atoms with E-state index in [1.165, 1.54) is 0 Å². The fourth-order valence-corrected chi connectivity index (χ4v) is 2.43. The molecule has 0 spiro atoms. The molecule has 20 heavy (non-hydrogen) atoms. The summed E-state index contributed by atoms with van der Waals surface area (Å²) in [6.45, 7) is 3.29. The maximum Gasteiger partial charge on any atom is 0.413 e. The van der Waals surface area contributed by atoms with E-state index in [0.717, 1.165) is 11.4 Å². The number of imidazole rings is 1. The molecule has 0 aliphatic carbocycles. The Balaban J connectivity index is 2.72. The highest BCUT2D eigenvalue weighted by Crippen LogP contribution is 2.37. The number of aryl methyl sites for hydroxylation is 1. The molecule has 110 valence electrons. The van der Waals surface area contributed by atoms with Crippen LogP contribution in [-0.4, -0.2) is 15.7 Å². The zero-order valence-corrected chi connectivity index (χ0v) is 12.7. The molecule has 0 fully saturated rings. The van der Waals surface area contributed by atoms with Crippen molar-refractivity contribution in [1.82, 2.24) is 9.55 Å². The number of alkyl halides is 3. The predicted octanol–water partition coefficient (Wildman–Crippen LogP) is 3.95. The monoisotopic (exact) mass is 349 g/mol. The molecule has 0 radical (unpaired) electrons. The zero-order valence-electron chi connectivity index (χ0n) is 11.1. The number of nitrogens with two attached hydrogens (primary N) is 1. The Morgan fingerprint density at radius 3 is 2.55 bits per heavy atom. The van der Waals surface area contributed by atoms with Crippen molar-refractivity contribution in [3.63, 3.8) is 0 Å². The Bertz CT molecular complexity index is 632. The maximum atomic E-state index is 13.2. The van der Waals surface area contributed by atoms with Crippen LogP contribution >= 0.6 is 15.9 Å². The van der Waals surface area contributed by atoms with Crippen molar-refractivity contribution in [3.8, 4) is 0 Å². The molecule has 0 bridgehead atoms. The van der Waals surface area contributed by atoms with E-state index >= 15 is 0 Å². The molecule has 1 unspecified atom stereocenters. The lowest BCUT2D eigenvalue weighted by Crippen LogP contribution is -2.49. The van der Waals surface area contributed by atoms with Gasteiger partial charge < -0.3 is 10.3 Å². The Labute approximate surface area is 123 Å². The average Bonchev–Trinajstić information content (AvgIpc) is 2.67. The fourth-order valence-electron chi connectivity index (χ4n) is 2.08. The van der Waals surface area contributed by atoms with Gasteiger partial charge >= 0.3 is 6.18 Å². The van der Waals surface area contributed by atoms with Crippen LogP contribution in [0.2, 0.25) is 0 Å². The maximum absolute atomic E-state index is 13.2. The van der Waals surface area contributed by atoms with Gasteiger partial charge in [-0.15, -0.1) is 0 Å². The summed E-state index contributed by atoms with van der Waals surface area (Å²) < 4.78 is 41.8. The number of hydrogen-bond donors (Lipinski definition) is 1. The molecule has 0 amide bonds.